The van der Waals surface area contributed by atoms with E-state index in [1.807, 2.05) is 17.8 Å². The van der Waals surface area contributed by atoms with Gasteiger partial charge in [-0.05, 0) is 53.9 Å². The third kappa shape index (κ3) is 3.45. The molecule has 0 unspecified atom stereocenters. The molecule has 2 rings (SSSR count). The van der Waals surface area contributed by atoms with Gasteiger partial charge in [-0.15, -0.1) is 0 Å². The van der Waals surface area contributed by atoms with Crippen molar-refractivity contribution in [1.29, 1.82) is 0 Å². The SMILES string of the molecule is CS[C@@H]1CCc2cccc(CO)c2[C@H]1O[Si](C)(C)C(C)(C)C. The highest BCUT2D eigenvalue weighted by Crippen LogP contribution is 2.46. The molecule has 0 saturated carbocycles. The Morgan fingerprint density at radius 2 is 2.00 bits per heavy atom. The molecule has 2 nitrogen and oxygen atoms in total. The van der Waals surface area contributed by atoms with Crippen molar-refractivity contribution < 1.29 is 9.53 Å². The zero-order chi connectivity index (χ0) is 16.5. The Labute approximate surface area is 140 Å². The summed E-state index contributed by atoms with van der Waals surface area (Å²) in [6.45, 7) is 11.6. The maximum Gasteiger partial charge on any atom is 0.192 e. The standard InChI is InChI=1S/C18H30O2SSi/c1-18(2,3)22(5,6)20-17-15(21-4)11-10-13-8-7-9-14(12-19)16(13)17/h7-9,15,17,19H,10-12H2,1-6H3/t15-,17+/m1/s1. The summed E-state index contributed by atoms with van der Waals surface area (Å²) in [6.07, 6.45) is 4.54. The Morgan fingerprint density at radius 3 is 2.55 bits per heavy atom. The predicted molar refractivity (Wildman–Crippen MR) is 99.0 cm³/mol. The van der Waals surface area contributed by atoms with E-state index in [2.05, 4.69) is 52.3 Å². The molecule has 0 aliphatic heterocycles. The van der Waals surface area contributed by atoms with Crippen molar-refractivity contribution in [3.05, 3.63) is 34.9 Å². The van der Waals surface area contributed by atoms with Crippen LogP contribution in [-0.4, -0.2) is 24.9 Å². The molecule has 0 radical (unpaired) electrons. The van der Waals surface area contributed by atoms with Crippen LogP contribution < -0.4 is 0 Å². The van der Waals surface area contributed by atoms with Crippen LogP contribution in [0, 0.1) is 0 Å². The maximum absolute atomic E-state index is 9.78. The molecular formula is C18H30O2SSi. The topological polar surface area (TPSA) is 29.5 Å². The van der Waals surface area contributed by atoms with Crippen LogP contribution >= 0.6 is 11.8 Å². The molecule has 0 spiro atoms. The maximum atomic E-state index is 9.78. The molecule has 124 valence electrons. The number of benzene rings is 1. The molecular weight excluding hydrogens is 308 g/mol. The Bertz CT molecular complexity index is 508. The fourth-order valence-electron chi connectivity index (χ4n) is 2.89. The molecule has 1 aliphatic rings. The van der Waals surface area contributed by atoms with Gasteiger partial charge in [-0.3, -0.25) is 0 Å². The second-order valence-corrected chi connectivity index (χ2v) is 13.6. The monoisotopic (exact) mass is 338 g/mol. The van der Waals surface area contributed by atoms with Crippen LogP contribution in [0.25, 0.3) is 0 Å². The molecule has 1 aliphatic carbocycles. The summed E-state index contributed by atoms with van der Waals surface area (Å²) >= 11 is 1.90. The van der Waals surface area contributed by atoms with Crippen LogP contribution in [0.2, 0.25) is 18.1 Å². The molecule has 1 aromatic carbocycles. The zero-order valence-corrected chi connectivity index (χ0v) is 16.6. The lowest BCUT2D eigenvalue weighted by Crippen LogP contribution is -2.44. The van der Waals surface area contributed by atoms with Gasteiger partial charge in [-0.25, -0.2) is 0 Å². The Balaban J connectivity index is 2.45. The molecule has 0 amide bonds. The highest BCUT2D eigenvalue weighted by Gasteiger charge is 2.43. The van der Waals surface area contributed by atoms with Crippen molar-refractivity contribution in [2.45, 2.75) is 69.7 Å². The molecule has 4 heteroatoms. The van der Waals surface area contributed by atoms with E-state index in [4.69, 9.17) is 4.43 Å². The van der Waals surface area contributed by atoms with E-state index < -0.39 is 8.32 Å². The Kier molecular flexibility index (Phi) is 5.48. The smallest absolute Gasteiger partial charge is 0.192 e. The van der Waals surface area contributed by atoms with Gasteiger partial charge in [0.25, 0.3) is 0 Å². The van der Waals surface area contributed by atoms with E-state index in [0.29, 0.717) is 5.25 Å². The molecule has 1 N–H and O–H groups in total. The third-order valence-corrected chi connectivity index (χ3v) is 10.9. The average molecular weight is 339 g/mol. The third-order valence-electron chi connectivity index (χ3n) is 5.31. The summed E-state index contributed by atoms with van der Waals surface area (Å²) in [5, 5.41) is 10.5. The van der Waals surface area contributed by atoms with E-state index in [0.717, 1.165) is 18.4 Å². The van der Waals surface area contributed by atoms with Crippen LogP contribution in [-0.2, 0) is 17.5 Å². The van der Waals surface area contributed by atoms with Gasteiger partial charge in [0.15, 0.2) is 8.32 Å². The number of aliphatic hydroxyl groups is 1. The van der Waals surface area contributed by atoms with Gasteiger partial charge < -0.3 is 9.53 Å². The van der Waals surface area contributed by atoms with Crippen LogP contribution in [0.3, 0.4) is 0 Å². The number of rotatable bonds is 4. The quantitative estimate of drug-likeness (QED) is 0.790. The fraction of sp³-hybridized carbons (Fsp3) is 0.667. The molecule has 0 bridgehead atoms. The Hall–Kier alpha value is -0.293. The van der Waals surface area contributed by atoms with Crippen molar-refractivity contribution >= 4 is 20.1 Å². The summed E-state index contributed by atoms with van der Waals surface area (Å²) in [7, 11) is -1.85. The minimum atomic E-state index is -1.85. The first kappa shape index (κ1) is 18.1. The van der Waals surface area contributed by atoms with E-state index in [9.17, 15) is 5.11 Å². The lowest BCUT2D eigenvalue weighted by molar-refractivity contribution is 0.165. The largest absolute Gasteiger partial charge is 0.409 e. The van der Waals surface area contributed by atoms with E-state index in [1.165, 1.54) is 11.1 Å². The van der Waals surface area contributed by atoms with Gasteiger partial charge >= 0.3 is 0 Å². The molecule has 2 atom stereocenters. The average Bonchev–Trinajstić information content (AvgIpc) is 2.45. The highest BCUT2D eigenvalue weighted by atomic mass is 32.2. The zero-order valence-electron chi connectivity index (χ0n) is 14.8. The fourth-order valence-corrected chi connectivity index (χ4v) is 5.05. The first-order chi connectivity index (χ1) is 10.2. The summed E-state index contributed by atoms with van der Waals surface area (Å²) in [6, 6.07) is 6.31. The minimum absolute atomic E-state index is 0.0988. The van der Waals surface area contributed by atoms with Gasteiger partial charge in [0.2, 0.25) is 0 Å². The van der Waals surface area contributed by atoms with Crippen molar-refractivity contribution in [3.63, 3.8) is 0 Å². The van der Waals surface area contributed by atoms with Gasteiger partial charge in [-0.2, -0.15) is 11.8 Å². The second kappa shape index (κ2) is 6.68. The van der Waals surface area contributed by atoms with Gasteiger partial charge in [0.05, 0.1) is 12.7 Å². The number of aryl methyl sites for hydroxylation is 1. The van der Waals surface area contributed by atoms with Gasteiger partial charge in [-0.1, -0.05) is 39.0 Å². The van der Waals surface area contributed by atoms with E-state index in [-0.39, 0.29) is 17.7 Å². The number of hydrogen-bond donors (Lipinski definition) is 1. The van der Waals surface area contributed by atoms with E-state index >= 15 is 0 Å². The van der Waals surface area contributed by atoms with Crippen LogP contribution in [0.1, 0.15) is 50.0 Å². The molecule has 0 aromatic heterocycles. The van der Waals surface area contributed by atoms with Crippen molar-refractivity contribution in [2.75, 3.05) is 6.26 Å². The van der Waals surface area contributed by atoms with Gasteiger partial charge in [0, 0.05) is 5.25 Å². The summed E-state index contributed by atoms with van der Waals surface area (Å²) in [4.78, 5) is 0. The summed E-state index contributed by atoms with van der Waals surface area (Å²) in [5.74, 6) is 0. The van der Waals surface area contributed by atoms with E-state index in [1.54, 1.807) is 0 Å². The molecule has 22 heavy (non-hydrogen) atoms. The van der Waals surface area contributed by atoms with Crippen molar-refractivity contribution in [1.82, 2.24) is 0 Å². The number of aliphatic hydroxyl groups excluding tert-OH is 1. The minimum Gasteiger partial charge on any atom is -0.409 e. The lowest BCUT2D eigenvalue weighted by Gasteiger charge is -2.43. The van der Waals surface area contributed by atoms with Crippen LogP contribution in [0.5, 0.6) is 0 Å². The van der Waals surface area contributed by atoms with Gasteiger partial charge in [0.1, 0.15) is 0 Å². The second-order valence-electron chi connectivity index (χ2n) is 7.76. The molecule has 0 fully saturated rings. The number of fused-ring (bicyclic) bond motifs is 1. The highest BCUT2D eigenvalue weighted by molar-refractivity contribution is 7.99. The van der Waals surface area contributed by atoms with Crippen molar-refractivity contribution in [3.8, 4) is 0 Å². The van der Waals surface area contributed by atoms with Crippen LogP contribution in [0.4, 0.5) is 0 Å². The molecule has 0 saturated heterocycles. The van der Waals surface area contributed by atoms with Crippen molar-refractivity contribution in [2.24, 2.45) is 0 Å². The predicted octanol–water partition coefficient (Wildman–Crippen LogP) is 4.92. The first-order valence-corrected chi connectivity index (χ1v) is 12.3. The normalized spacial score (nSPS) is 22.5. The lowest BCUT2D eigenvalue weighted by atomic mass is 9.86. The molecule has 1 aromatic rings. The molecule has 0 heterocycles. The summed E-state index contributed by atoms with van der Waals surface area (Å²) < 4.78 is 6.82. The number of hydrogen-bond acceptors (Lipinski definition) is 3. The Morgan fingerprint density at radius 1 is 1.32 bits per heavy atom. The van der Waals surface area contributed by atoms with Crippen LogP contribution in [0.15, 0.2) is 18.2 Å². The first-order valence-electron chi connectivity index (χ1n) is 8.13. The summed E-state index contributed by atoms with van der Waals surface area (Å²) in [5.41, 5.74) is 3.67. The number of thioether (sulfide) groups is 1.